The highest BCUT2D eigenvalue weighted by molar-refractivity contribution is 6.31. The average Bonchev–Trinajstić information content (AvgIpc) is 3.73. The molecule has 3 aliphatic rings. The van der Waals surface area contributed by atoms with Crippen molar-refractivity contribution in [3.63, 3.8) is 0 Å². The van der Waals surface area contributed by atoms with Gasteiger partial charge >= 0.3 is 0 Å². The minimum absolute atomic E-state index is 0.0400. The summed E-state index contributed by atoms with van der Waals surface area (Å²) in [6.45, 7) is 8.67. The second kappa shape index (κ2) is 16.1. The Morgan fingerprint density at radius 2 is 1.74 bits per heavy atom. The minimum Gasteiger partial charge on any atom is -0.493 e. The summed E-state index contributed by atoms with van der Waals surface area (Å²) >= 11 is 6.18. The van der Waals surface area contributed by atoms with E-state index in [4.69, 9.17) is 25.8 Å². The summed E-state index contributed by atoms with van der Waals surface area (Å²) in [5.74, 6) is 0.810. The predicted octanol–water partition coefficient (Wildman–Crippen LogP) is 6.11. The summed E-state index contributed by atoms with van der Waals surface area (Å²) in [5, 5.41) is 4.72. The molecule has 1 aromatic heterocycles. The van der Waals surface area contributed by atoms with Crippen molar-refractivity contribution < 1.29 is 28.6 Å². The molecule has 3 amide bonds. The third-order valence-corrected chi connectivity index (χ3v) is 10.8. The Morgan fingerprint density at radius 1 is 0.960 bits per heavy atom. The van der Waals surface area contributed by atoms with Crippen molar-refractivity contribution in [3.05, 3.63) is 58.7 Å². The maximum atomic E-state index is 13.9. The van der Waals surface area contributed by atoms with Crippen LogP contribution >= 0.6 is 11.6 Å². The molecule has 3 fully saturated rings. The third kappa shape index (κ3) is 8.40. The lowest BCUT2D eigenvalue weighted by molar-refractivity contribution is -0.138. The molecule has 270 valence electrons. The van der Waals surface area contributed by atoms with E-state index in [2.05, 4.69) is 10.3 Å². The molecule has 0 spiro atoms. The Morgan fingerprint density at radius 3 is 2.50 bits per heavy atom. The average molecular weight is 707 g/mol. The van der Waals surface area contributed by atoms with Crippen molar-refractivity contribution in [3.8, 4) is 11.5 Å². The van der Waals surface area contributed by atoms with E-state index in [1.54, 1.807) is 25.3 Å². The summed E-state index contributed by atoms with van der Waals surface area (Å²) in [4.78, 5) is 48.6. The molecular formula is C39H51ClN4O6. The van der Waals surface area contributed by atoms with Gasteiger partial charge in [-0.15, -0.1) is 0 Å². The van der Waals surface area contributed by atoms with Gasteiger partial charge in [0.05, 0.1) is 31.7 Å². The first kappa shape index (κ1) is 36.0. The van der Waals surface area contributed by atoms with Gasteiger partial charge in [0.15, 0.2) is 11.5 Å². The van der Waals surface area contributed by atoms with E-state index in [1.165, 1.54) is 32.1 Å². The number of carbonyl (C=O) groups is 3. The molecule has 2 aliphatic heterocycles. The van der Waals surface area contributed by atoms with Crippen LogP contribution in [0.25, 0.3) is 10.9 Å². The number of rotatable bonds is 12. The molecule has 2 N–H and O–H groups in total. The number of nitrogens with zero attached hydrogens (tertiary/aromatic N) is 2. The van der Waals surface area contributed by atoms with Crippen LogP contribution in [-0.4, -0.2) is 91.2 Å². The molecule has 0 bridgehead atoms. The van der Waals surface area contributed by atoms with Gasteiger partial charge in [-0.3, -0.25) is 14.4 Å². The number of hydrogen-bond donors (Lipinski definition) is 2. The van der Waals surface area contributed by atoms with Crippen LogP contribution in [0, 0.1) is 23.7 Å². The van der Waals surface area contributed by atoms with Crippen molar-refractivity contribution in [2.75, 3.05) is 46.4 Å². The first-order valence-corrected chi connectivity index (χ1v) is 18.5. The Kier molecular flexibility index (Phi) is 11.6. The molecular weight excluding hydrogens is 656 g/mol. The molecule has 3 aromatic rings. The number of hydrogen-bond acceptors (Lipinski definition) is 6. The normalized spacial score (nSPS) is 21.7. The van der Waals surface area contributed by atoms with Gasteiger partial charge in [0.25, 0.3) is 5.91 Å². The molecule has 10 nitrogen and oxygen atoms in total. The van der Waals surface area contributed by atoms with Gasteiger partial charge in [-0.2, -0.15) is 0 Å². The van der Waals surface area contributed by atoms with Gasteiger partial charge < -0.3 is 34.3 Å². The van der Waals surface area contributed by atoms with Gasteiger partial charge in [-0.1, -0.05) is 36.9 Å². The molecule has 3 unspecified atom stereocenters. The molecule has 2 saturated heterocycles. The molecule has 50 heavy (non-hydrogen) atoms. The van der Waals surface area contributed by atoms with Crippen LogP contribution in [0.2, 0.25) is 5.02 Å². The number of ether oxygens (including phenoxy) is 3. The molecule has 0 radical (unpaired) electrons. The standard InChI is InChI=1S/C39H51ClN4O6/c1-24(2)50-35-13-10-27(14-36(35)48-4)39(47)44-20-29-19-43(37(45)15-28-18-41-34-16-30(40)11-12-31(28)34)22-33(32(29)21-44)38(46)42-17-25(3)49-23-26-8-6-5-7-9-26/h10-14,16,18,24-26,29,32-33,41H,5-9,15,17,19-23H2,1-4H3,(H,42,46)/t25-,29?,32?,33?/m1/s1. The Bertz CT molecular complexity index is 1670. The number of piperidine rings is 1. The number of methoxy groups -OCH3 is 1. The number of halogens is 1. The van der Waals surface area contributed by atoms with E-state index in [9.17, 15) is 14.4 Å². The minimum atomic E-state index is -0.459. The van der Waals surface area contributed by atoms with Crippen LogP contribution in [0.3, 0.4) is 0 Å². The summed E-state index contributed by atoms with van der Waals surface area (Å²) in [5.41, 5.74) is 2.26. The van der Waals surface area contributed by atoms with Crippen LogP contribution in [-0.2, 0) is 20.7 Å². The van der Waals surface area contributed by atoms with Crippen molar-refractivity contribution in [1.29, 1.82) is 0 Å². The third-order valence-electron chi connectivity index (χ3n) is 10.6. The lowest BCUT2D eigenvalue weighted by Crippen LogP contribution is -2.54. The Labute approximate surface area is 300 Å². The summed E-state index contributed by atoms with van der Waals surface area (Å²) in [7, 11) is 1.56. The Balaban J connectivity index is 1.16. The van der Waals surface area contributed by atoms with Gasteiger partial charge in [0.2, 0.25) is 11.8 Å². The number of likely N-dealkylation sites (tertiary alicyclic amines) is 2. The van der Waals surface area contributed by atoms with E-state index in [1.807, 2.05) is 55.0 Å². The number of amides is 3. The monoisotopic (exact) mass is 706 g/mol. The number of aromatic nitrogens is 1. The molecule has 1 aliphatic carbocycles. The van der Waals surface area contributed by atoms with E-state index in [-0.39, 0.29) is 48.2 Å². The molecule has 3 heterocycles. The molecule has 1 saturated carbocycles. The SMILES string of the molecule is COc1cc(C(=O)N2CC3CN(C(=O)Cc4c[nH]c5cc(Cl)ccc45)CC(C(=O)NC[C@@H](C)OCC4CCCCC4)C3C2)ccc1OC(C)C. The van der Waals surface area contributed by atoms with Gasteiger partial charge in [0, 0.05) is 67.0 Å². The largest absolute Gasteiger partial charge is 0.493 e. The van der Waals surface area contributed by atoms with Crippen LogP contribution in [0.1, 0.15) is 68.8 Å². The van der Waals surface area contributed by atoms with E-state index < -0.39 is 5.92 Å². The second-order valence-corrected chi connectivity index (χ2v) is 15.1. The fraction of sp³-hybridized carbons (Fsp3) is 0.564. The molecule has 2 aromatic carbocycles. The van der Waals surface area contributed by atoms with Gasteiger partial charge in [-0.05, 0) is 87.3 Å². The number of nitrogens with one attached hydrogen (secondary N) is 2. The van der Waals surface area contributed by atoms with Crippen molar-refractivity contribution in [2.45, 2.75) is 71.5 Å². The summed E-state index contributed by atoms with van der Waals surface area (Å²) < 4.78 is 17.5. The first-order valence-electron chi connectivity index (χ1n) is 18.2. The zero-order chi connectivity index (χ0) is 35.4. The summed E-state index contributed by atoms with van der Waals surface area (Å²) in [6.07, 6.45) is 8.14. The number of benzene rings is 2. The Hall–Kier alpha value is -3.76. The molecule has 11 heteroatoms. The highest BCUT2D eigenvalue weighted by atomic mass is 35.5. The number of H-pyrrole nitrogens is 1. The van der Waals surface area contributed by atoms with Gasteiger partial charge in [0.1, 0.15) is 0 Å². The van der Waals surface area contributed by atoms with Crippen LogP contribution in [0.15, 0.2) is 42.6 Å². The molecule has 6 rings (SSSR count). The lowest BCUT2D eigenvalue weighted by Gasteiger charge is -2.39. The van der Waals surface area contributed by atoms with Gasteiger partial charge in [-0.25, -0.2) is 0 Å². The van der Waals surface area contributed by atoms with Crippen LogP contribution in [0.4, 0.5) is 0 Å². The molecule has 4 atom stereocenters. The number of aromatic amines is 1. The van der Waals surface area contributed by atoms with Crippen molar-refractivity contribution in [1.82, 2.24) is 20.1 Å². The predicted molar refractivity (Wildman–Crippen MR) is 194 cm³/mol. The topological polar surface area (TPSA) is 113 Å². The highest BCUT2D eigenvalue weighted by Crippen LogP contribution is 2.38. The van der Waals surface area contributed by atoms with E-state index >= 15 is 0 Å². The maximum absolute atomic E-state index is 13.9. The number of fused-ring (bicyclic) bond motifs is 2. The first-order chi connectivity index (χ1) is 24.1. The maximum Gasteiger partial charge on any atom is 0.254 e. The van der Waals surface area contributed by atoms with Crippen molar-refractivity contribution >= 4 is 40.2 Å². The fourth-order valence-electron chi connectivity index (χ4n) is 7.93. The second-order valence-electron chi connectivity index (χ2n) is 14.6. The number of carbonyl (C=O) groups excluding carboxylic acids is 3. The highest BCUT2D eigenvalue weighted by Gasteiger charge is 2.48. The smallest absolute Gasteiger partial charge is 0.254 e. The zero-order valence-corrected chi connectivity index (χ0v) is 30.5. The fourth-order valence-corrected chi connectivity index (χ4v) is 8.10. The van der Waals surface area contributed by atoms with Crippen LogP contribution in [0.5, 0.6) is 11.5 Å². The van der Waals surface area contributed by atoms with E-state index in [0.717, 1.165) is 23.1 Å². The lowest BCUT2D eigenvalue weighted by atomic mass is 9.79. The quantitative estimate of drug-likeness (QED) is 0.235. The van der Waals surface area contributed by atoms with Crippen LogP contribution < -0.4 is 14.8 Å². The van der Waals surface area contributed by atoms with E-state index in [0.29, 0.717) is 60.7 Å². The summed E-state index contributed by atoms with van der Waals surface area (Å²) in [6, 6.07) is 10.8. The van der Waals surface area contributed by atoms with Crippen molar-refractivity contribution in [2.24, 2.45) is 23.7 Å². The zero-order valence-electron chi connectivity index (χ0n) is 29.7.